The van der Waals surface area contributed by atoms with Crippen LogP contribution in [0.3, 0.4) is 0 Å². The Kier molecular flexibility index (Phi) is 4.99. The second-order valence-corrected chi connectivity index (χ2v) is 6.49. The molecule has 1 amide bonds. The maximum atomic E-state index is 12.1. The molecule has 0 bridgehead atoms. The Labute approximate surface area is 137 Å². The lowest BCUT2D eigenvalue weighted by Gasteiger charge is -2.36. The minimum atomic E-state index is -0.483. The zero-order valence-corrected chi connectivity index (χ0v) is 14.1. The van der Waals surface area contributed by atoms with Crippen LogP contribution in [0.4, 0.5) is 10.5 Å². The molecule has 1 aliphatic rings. The number of benzene rings is 1. The van der Waals surface area contributed by atoms with E-state index in [1.807, 2.05) is 32.9 Å². The van der Waals surface area contributed by atoms with Gasteiger partial charge in [0.1, 0.15) is 11.4 Å². The molecule has 1 fully saturated rings. The Morgan fingerprint density at radius 3 is 2.35 bits per heavy atom. The Balaban J connectivity index is 2.02. The first-order chi connectivity index (χ1) is 10.8. The van der Waals surface area contributed by atoms with Crippen LogP contribution in [0.5, 0.6) is 5.75 Å². The molecule has 1 heterocycles. The van der Waals surface area contributed by atoms with E-state index in [0.717, 1.165) is 5.69 Å². The van der Waals surface area contributed by atoms with Gasteiger partial charge in [0.25, 0.3) is 0 Å². The highest BCUT2D eigenvalue weighted by Crippen LogP contribution is 2.25. The van der Waals surface area contributed by atoms with E-state index in [2.05, 4.69) is 11.0 Å². The predicted molar refractivity (Wildman–Crippen MR) is 87.7 cm³/mol. The third-order valence-electron chi connectivity index (χ3n) is 3.55. The molecule has 23 heavy (non-hydrogen) atoms. The summed E-state index contributed by atoms with van der Waals surface area (Å²) in [5.74, 6) is 0.661. The lowest BCUT2D eigenvalue weighted by atomic mass is 10.1. The second kappa shape index (κ2) is 6.78. The fourth-order valence-electron chi connectivity index (χ4n) is 2.42. The number of anilines is 1. The van der Waals surface area contributed by atoms with E-state index in [0.29, 0.717) is 37.5 Å². The van der Waals surface area contributed by atoms with Crippen molar-refractivity contribution in [2.75, 3.05) is 38.2 Å². The van der Waals surface area contributed by atoms with Crippen LogP contribution >= 0.6 is 0 Å². The summed E-state index contributed by atoms with van der Waals surface area (Å²) in [4.78, 5) is 15.9. The summed E-state index contributed by atoms with van der Waals surface area (Å²) in [6, 6.07) is 7.60. The molecule has 0 unspecified atom stereocenters. The summed E-state index contributed by atoms with van der Waals surface area (Å²) in [5, 5.41) is 9.11. The maximum absolute atomic E-state index is 12.1. The zero-order chi connectivity index (χ0) is 17.0. The van der Waals surface area contributed by atoms with Crippen molar-refractivity contribution in [3.05, 3.63) is 23.8 Å². The maximum Gasteiger partial charge on any atom is 0.410 e. The molecule has 6 heteroatoms. The van der Waals surface area contributed by atoms with Gasteiger partial charge in [-0.2, -0.15) is 5.26 Å². The first-order valence-electron chi connectivity index (χ1n) is 7.64. The number of rotatable bonds is 2. The molecule has 0 saturated carbocycles. The number of hydrogen-bond acceptors (Lipinski definition) is 5. The highest BCUT2D eigenvalue weighted by atomic mass is 16.6. The molecule has 1 aliphatic heterocycles. The summed E-state index contributed by atoms with van der Waals surface area (Å²) in [6.45, 7) is 8.15. The van der Waals surface area contributed by atoms with Crippen LogP contribution in [0.2, 0.25) is 0 Å². The van der Waals surface area contributed by atoms with Crippen molar-refractivity contribution in [1.82, 2.24) is 4.90 Å². The number of nitrogens with zero attached hydrogens (tertiary/aromatic N) is 3. The van der Waals surface area contributed by atoms with Crippen LogP contribution in [0, 0.1) is 11.3 Å². The summed E-state index contributed by atoms with van der Waals surface area (Å²) < 4.78 is 10.6. The van der Waals surface area contributed by atoms with Gasteiger partial charge in [0.2, 0.25) is 0 Å². The first-order valence-corrected chi connectivity index (χ1v) is 7.64. The number of ether oxygens (including phenoxy) is 2. The molecule has 0 aliphatic carbocycles. The van der Waals surface area contributed by atoms with Gasteiger partial charge in [-0.05, 0) is 32.9 Å². The van der Waals surface area contributed by atoms with E-state index in [4.69, 9.17) is 14.7 Å². The normalized spacial score (nSPS) is 15.1. The van der Waals surface area contributed by atoms with Gasteiger partial charge in [-0.3, -0.25) is 0 Å². The van der Waals surface area contributed by atoms with Crippen LogP contribution in [-0.4, -0.2) is 49.9 Å². The molecule has 0 radical (unpaired) electrons. The highest BCUT2D eigenvalue weighted by Gasteiger charge is 2.26. The Hall–Kier alpha value is -2.42. The Bertz CT molecular complexity index is 608. The van der Waals surface area contributed by atoms with Gasteiger partial charge in [-0.15, -0.1) is 0 Å². The SMILES string of the molecule is COc1cc(C#N)cc(N2CCN(C(=O)OC(C)(C)C)CC2)c1. The molecule has 1 aromatic rings. The van der Waals surface area contributed by atoms with Crippen LogP contribution in [0.25, 0.3) is 0 Å². The van der Waals surface area contributed by atoms with Gasteiger partial charge in [0.05, 0.1) is 18.7 Å². The summed E-state index contributed by atoms with van der Waals surface area (Å²) >= 11 is 0. The Morgan fingerprint density at radius 2 is 1.83 bits per heavy atom. The molecule has 0 atom stereocenters. The standard InChI is InChI=1S/C17H23N3O3/c1-17(2,3)23-16(21)20-7-5-19(6-8-20)14-9-13(12-18)10-15(11-14)22-4/h9-11H,5-8H2,1-4H3. The zero-order valence-electron chi connectivity index (χ0n) is 14.1. The summed E-state index contributed by atoms with van der Waals surface area (Å²) in [5.41, 5.74) is 1.02. The average molecular weight is 317 g/mol. The van der Waals surface area contributed by atoms with Gasteiger partial charge < -0.3 is 19.3 Å². The van der Waals surface area contributed by atoms with E-state index in [1.54, 1.807) is 18.1 Å². The molecule has 0 aromatic heterocycles. The van der Waals surface area contributed by atoms with E-state index < -0.39 is 5.60 Å². The molecule has 1 saturated heterocycles. The van der Waals surface area contributed by atoms with Crippen molar-refractivity contribution in [3.8, 4) is 11.8 Å². The second-order valence-electron chi connectivity index (χ2n) is 6.49. The van der Waals surface area contributed by atoms with Gasteiger partial charge in [0.15, 0.2) is 0 Å². The number of piperazine rings is 1. The van der Waals surface area contributed by atoms with Crippen LogP contribution < -0.4 is 9.64 Å². The van der Waals surface area contributed by atoms with Crippen molar-refractivity contribution in [1.29, 1.82) is 5.26 Å². The topological polar surface area (TPSA) is 65.8 Å². The molecule has 6 nitrogen and oxygen atoms in total. The predicted octanol–water partition coefficient (Wildman–Crippen LogP) is 2.62. The first kappa shape index (κ1) is 16.9. The molecular formula is C17H23N3O3. The van der Waals surface area contributed by atoms with Gasteiger partial charge in [-0.1, -0.05) is 0 Å². The van der Waals surface area contributed by atoms with E-state index in [-0.39, 0.29) is 6.09 Å². The molecule has 0 N–H and O–H groups in total. The summed E-state index contributed by atoms with van der Waals surface area (Å²) in [7, 11) is 1.58. The van der Waals surface area contributed by atoms with E-state index in [9.17, 15) is 4.79 Å². The largest absolute Gasteiger partial charge is 0.497 e. The minimum absolute atomic E-state index is 0.277. The lowest BCUT2D eigenvalue weighted by molar-refractivity contribution is 0.0240. The molecule has 1 aromatic carbocycles. The minimum Gasteiger partial charge on any atom is -0.497 e. The smallest absolute Gasteiger partial charge is 0.410 e. The van der Waals surface area contributed by atoms with Gasteiger partial charge >= 0.3 is 6.09 Å². The third-order valence-corrected chi connectivity index (χ3v) is 3.55. The number of carbonyl (C=O) groups is 1. The van der Waals surface area contributed by atoms with Crippen molar-refractivity contribution >= 4 is 11.8 Å². The highest BCUT2D eigenvalue weighted by molar-refractivity contribution is 5.68. The van der Waals surface area contributed by atoms with Crippen molar-refractivity contribution in [2.45, 2.75) is 26.4 Å². The lowest BCUT2D eigenvalue weighted by Crippen LogP contribution is -2.50. The van der Waals surface area contributed by atoms with Gasteiger partial charge in [0, 0.05) is 37.9 Å². The number of nitriles is 1. The van der Waals surface area contributed by atoms with Gasteiger partial charge in [-0.25, -0.2) is 4.79 Å². The molecule has 124 valence electrons. The van der Waals surface area contributed by atoms with Crippen LogP contribution in [0.15, 0.2) is 18.2 Å². The Morgan fingerprint density at radius 1 is 1.17 bits per heavy atom. The summed E-state index contributed by atoms with van der Waals surface area (Å²) in [6.07, 6.45) is -0.277. The molecular weight excluding hydrogens is 294 g/mol. The van der Waals surface area contributed by atoms with Crippen LogP contribution in [0.1, 0.15) is 26.3 Å². The quantitative estimate of drug-likeness (QED) is 0.839. The average Bonchev–Trinajstić information content (AvgIpc) is 2.52. The molecule has 0 spiro atoms. The third kappa shape index (κ3) is 4.52. The monoisotopic (exact) mass is 317 g/mol. The number of hydrogen-bond donors (Lipinski definition) is 0. The van der Waals surface area contributed by atoms with Crippen molar-refractivity contribution in [3.63, 3.8) is 0 Å². The van der Waals surface area contributed by atoms with Crippen molar-refractivity contribution < 1.29 is 14.3 Å². The van der Waals surface area contributed by atoms with Crippen LogP contribution in [-0.2, 0) is 4.74 Å². The number of amides is 1. The van der Waals surface area contributed by atoms with E-state index in [1.165, 1.54) is 0 Å². The number of methoxy groups -OCH3 is 1. The van der Waals surface area contributed by atoms with E-state index >= 15 is 0 Å². The number of carbonyl (C=O) groups excluding carboxylic acids is 1. The van der Waals surface area contributed by atoms with Crippen molar-refractivity contribution in [2.24, 2.45) is 0 Å². The fourth-order valence-corrected chi connectivity index (χ4v) is 2.42. The fraction of sp³-hybridized carbons (Fsp3) is 0.529. The molecule has 2 rings (SSSR count).